The number of hydrazine groups is 1. The van der Waals surface area contributed by atoms with Gasteiger partial charge in [-0.05, 0) is 12.1 Å². The second-order valence-electron chi connectivity index (χ2n) is 3.21. The van der Waals surface area contributed by atoms with Crippen LogP contribution >= 0.6 is 0 Å². The van der Waals surface area contributed by atoms with Gasteiger partial charge in [0.25, 0.3) is 0 Å². The summed E-state index contributed by atoms with van der Waals surface area (Å²) in [6, 6.07) is 2.80. The van der Waals surface area contributed by atoms with Crippen molar-refractivity contribution in [3.05, 3.63) is 53.6 Å². The van der Waals surface area contributed by atoms with Gasteiger partial charge in [-0.2, -0.15) is 0 Å². The van der Waals surface area contributed by atoms with E-state index in [-0.39, 0.29) is 5.56 Å². The lowest BCUT2D eigenvalue weighted by atomic mass is 10.1. The fraction of sp³-hybridized carbons (Fsp3) is 0.100. The molecular formula is C10H10F2N4. The lowest BCUT2D eigenvalue weighted by Gasteiger charge is -2.15. The summed E-state index contributed by atoms with van der Waals surface area (Å²) in [5, 5.41) is 0. The van der Waals surface area contributed by atoms with Crippen molar-refractivity contribution in [3.8, 4) is 0 Å². The Morgan fingerprint density at radius 2 is 2.00 bits per heavy atom. The SMILES string of the molecule is NNC(c1ncc[nH]1)c1c(F)cccc1F. The Balaban J connectivity index is 2.49. The second-order valence-corrected chi connectivity index (χ2v) is 3.21. The van der Waals surface area contributed by atoms with Gasteiger partial charge in [-0.1, -0.05) is 6.07 Å². The summed E-state index contributed by atoms with van der Waals surface area (Å²) in [5.41, 5.74) is 2.18. The van der Waals surface area contributed by atoms with Gasteiger partial charge in [0.1, 0.15) is 23.5 Å². The Kier molecular flexibility index (Phi) is 2.93. The average molecular weight is 224 g/mol. The minimum absolute atomic E-state index is 0.153. The molecule has 0 fully saturated rings. The number of nitrogens with zero attached hydrogens (tertiary/aromatic N) is 1. The first-order valence-corrected chi connectivity index (χ1v) is 4.63. The predicted molar refractivity (Wildman–Crippen MR) is 54.1 cm³/mol. The van der Waals surface area contributed by atoms with Crippen LogP contribution in [0.1, 0.15) is 17.4 Å². The second kappa shape index (κ2) is 4.38. The number of nitrogens with one attached hydrogen (secondary N) is 2. The van der Waals surface area contributed by atoms with E-state index in [1.807, 2.05) is 0 Å². The maximum absolute atomic E-state index is 13.5. The summed E-state index contributed by atoms with van der Waals surface area (Å²) in [7, 11) is 0. The smallest absolute Gasteiger partial charge is 0.131 e. The lowest BCUT2D eigenvalue weighted by Crippen LogP contribution is -2.31. The molecule has 0 aliphatic heterocycles. The van der Waals surface area contributed by atoms with Crippen LogP contribution in [0.15, 0.2) is 30.6 Å². The zero-order valence-electron chi connectivity index (χ0n) is 8.24. The highest BCUT2D eigenvalue weighted by Crippen LogP contribution is 2.23. The van der Waals surface area contributed by atoms with Gasteiger partial charge in [0.15, 0.2) is 0 Å². The first-order valence-electron chi connectivity index (χ1n) is 4.63. The molecule has 0 spiro atoms. The summed E-state index contributed by atoms with van der Waals surface area (Å²) in [6.07, 6.45) is 3.04. The standard InChI is InChI=1S/C10H10F2N4/c11-6-2-1-3-7(12)8(6)9(16-13)10-14-4-5-15-10/h1-5,9,16H,13H2,(H,14,15). The third-order valence-corrected chi connectivity index (χ3v) is 2.25. The van der Waals surface area contributed by atoms with Gasteiger partial charge in [0, 0.05) is 18.0 Å². The topological polar surface area (TPSA) is 66.7 Å². The molecule has 6 heteroatoms. The highest BCUT2D eigenvalue weighted by Gasteiger charge is 2.22. The fourth-order valence-electron chi connectivity index (χ4n) is 1.52. The number of benzene rings is 1. The van der Waals surface area contributed by atoms with Crippen molar-refractivity contribution in [3.63, 3.8) is 0 Å². The first kappa shape index (κ1) is 10.7. The Bertz CT molecular complexity index is 449. The number of imidazole rings is 1. The molecule has 0 radical (unpaired) electrons. The van der Waals surface area contributed by atoms with Crippen molar-refractivity contribution < 1.29 is 8.78 Å². The maximum Gasteiger partial charge on any atom is 0.131 e. The third kappa shape index (κ3) is 1.80. The summed E-state index contributed by atoms with van der Waals surface area (Å²) in [5.74, 6) is 4.31. The van der Waals surface area contributed by atoms with Crippen LogP contribution in [0.2, 0.25) is 0 Å². The zero-order valence-corrected chi connectivity index (χ0v) is 8.24. The molecule has 1 aromatic carbocycles. The molecule has 0 aliphatic carbocycles. The van der Waals surface area contributed by atoms with Gasteiger partial charge < -0.3 is 4.98 Å². The molecule has 1 heterocycles. The van der Waals surface area contributed by atoms with Crippen molar-refractivity contribution in [1.82, 2.24) is 15.4 Å². The van der Waals surface area contributed by atoms with Crippen molar-refractivity contribution in [2.45, 2.75) is 6.04 Å². The number of aromatic nitrogens is 2. The van der Waals surface area contributed by atoms with Gasteiger partial charge in [-0.15, -0.1) is 0 Å². The van der Waals surface area contributed by atoms with E-state index in [4.69, 9.17) is 5.84 Å². The number of halogens is 2. The maximum atomic E-state index is 13.5. The third-order valence-electron chi connectivity index (χ3n) is 2.25. The van der Waals surface area contributed by atoms with E-state index < -0.39 is 17.7 Å². The molecule has 1 unspecified atom stereocenters. The minimum atomic E-state index is -0.837. The Hall–Kier alpha value is -1.79. The largest absolute Gasteiger partial charge is 0.347 e. The summed E-state index contributed by atoms with van der Waals surface area (Å²) < 4.78 is 27.0. The van der Waals surface area contributed by atoms with Crippen molar-refractivity contribution in [2.75, 3.05) is 0 Å². The van der Waals surface area contributed by atoms with E-state index in [0.29, 0.717) is 5.82 Å². The zero-order chi connectivity index (χ0) is 11.5. The molecule has 0 saturated heterocycles. The molecule has 0 aliphatic rings. The highest BCUT2D eigenvalue weighted by molar-refractivity contribution is 5.27. The van der Waals surface area contributed by atoms with Gasteiger partial charge >= 0.3 is 0 Å². The van der Waals surface area contributed by atoms with Crippen molar-refractivity contribution in [1.29, 1.82) is 0 Å². The quantitative estimate of drug-likeness (QED) is 0.542. The normalized spacial score (nSPS) is 12.7. The molecular weight excluding hydrogens is 214 g/mol. The van der Waals surface area contributed by atoms with Gasteiger partial charge in [0.2, 0.25) is 0 Å². The Labute approximate surface area is 90.5 Å². The number of H-pyrrole nitrogens is 1. The van der Waals surface area contributed by atoms with E-state index in [9.17, 15) is 8.78 Å². The molecule has 84 valence electrons. The van der Waals surface area contributed by atoms with E-state index in [2.05, 4.69) is 15.4 Å². The van der Waals surface area contributed by atoms with Crippen LogP contribution in [0, 0.1) is 11.6 Å². The minimum Gasteiger partial charge on any atom is -0.347 e. The van der Waals surface area contributed by atoms with Gasteiger partial charge in [-0.3, -0.25) is 5.84 Å². The van der Waals surface area contributed by atoms with Crippen molar-refractivity contribution >= 4 is 0 Å². The highest BCUT2D eigenvalue weighted by atomic mass is 19.1. The van der Waals surface area contributed by atoms with E-state index in [1.165, 1.54) is 24.4 Å². The van der Waals surface area contributed by atoms with Crippen LogP contribution in [-0.4, -0.2) is 9.97 Å². The van der Waals surface area contributed by atoms with Crippen LogP contribution in [0.5, 0.6) is 0 Å². The summed E-state index contributed by atoms with van der Waals surface area (Å²) in [4.78, 5) is 6.67. The Morgan fingerprint density at radius 3 is 2.50 bits per heavy atom. The first-order chi connectivity index (χ1) is 7.74. The molecule has 2 rings (SSSR count). The molecule has 4 nitrogen and oxygen atoms in total. The van der Waals surface area contributed by atoms with Crippen LogP contribution in [0.3, 0.4) is 0 Å². The molecule has 4 N–H and O–H groups in total. The monoisotopic (exact) mass is 224 g/mol. The number of aromatic amines is 1. The molecule has 0 amide bonds. The number of hydrogen-bond donors (Lipinski definition) is 3. The fourth-order valence-corrected chi connectivity index (χ4v) is 1.52. The molecule has 0 saturated carbocycles. The number of hydrogen-bond acceptors (Lipinski definition) is 3. The van der Waals surface area contributed by atoms with Crippen LogP contribution in [0.25, 0.3) is 0 Å². The summed E-state index contributed by atoms with van der Waals surface area (Å²) in [6.45, 7) is 0. The number of rotatable bonds is 3. The molecule has 2 aromatic rings. The average Bonchev–Trinajstić information content (AvgIpc) is 2.77. The lowest BCUT2D eigenvalue weighted by molar-refractivity contribution is 0.501. The van der Waals surface area contributed by atoms with Crippen LogP contribution in [-0.2, 0) is 0 Å². The predicted octanol–water partition coefficient (Wildman–Crippen LogP) is 1.24. The summed E-state index contributed by atoms with van der Waals surface area (Å²) >= 11 is 0. The van der Waals surface area contributed by atoms with Gasteiger partial charge in [-0.25, -0.2) is 19.2 Å². The van der Waals surface area contributed by atoms with Crippen molar-refractivity contribution in [2.24, 2.45) is 5.84 Å². The number of nitrogens with two attached hydrogens (primary N) is 1. The van der Waals surface area contributed by atoms with Crippen LogP contribution < -0.4 is 11.3 Å². The molecule has 0 bridgehead atoms. The van der Waals surface area contributed by atoms with E-state index >= 15 is 0 Å². The van der Waals surface area contributed by atoms with E-state index in [0.717, 1.165) is 0 Å². The molecule has 16 heavy (non-hydrogen) atoms. The molecule has 1 aromatic heterocycles. The van der Waals surface area contributed by atoms with Gasteiger partial charge in [0.05, 0.1) is 0 Å². The van der Waals surface area contributed by atoms with E-state index in [1.54, 1.807) is 6.20 Å². The Morgan fingerprint density at radius 1 is 1.31 bits per heavy atom. The van der Waals surface area contributed by atoms with Crippen LogP contribution in [0.4, 0.5) is 8.78 Å². The molecule has 1 atom stereocenters.